The number of ether oxygens (including phenoxy) is 2. The Morgan fingerprint density at radius 3 is 2.31 bits per heavy atom. The van der Waals surface area contributed by atoms with Crippen LogP contribution in [0.4, 0.5) is 10.1 Å². The molecule has 1 N–H and O–H groups in total. The topological polar surface area (TPSA) is 77.5 Å². The summed E-state index contributed by atoms with van der Waals surface area (Å²) in [5.74, 6) is -0.908. The SMILES string of the molecule is CC[Si](CC)(CC)O[C@]1(C)CC[C@H](O[Si](C)(C)C(C)(C)C)CC(=O)O[C@H](/C(C)=C/c2cc(F)cc(N3CCOCC3)c2)[C@@H](C)/C=C/[C@@H]1O. The third kappa shape index (κ3) is 10.6. The number of aliphatic hydroxyl groups is 1. The maximum Gasteiger partial charge on any atom is 0.308 e. The molecule has 2 heterocycles. The molecule has 0 unspecified atom stereocenters. The second kappa shape index (κ2) is 16.9. The number of carbonyl (C=O) groups is 1. The Bertz CT molecular complexity index is 1260. The predicted molar refractivity (Wildman–Crippen MR) is 200 cm³/mol. The maximum absolute atomic E-state index is 14.9. The minimum absolute atomic E-state index is 0.0429. The van der Waals surface area contributed by atoms with E-state index in [0.717, 1.165) is 29.4 Å². The van der Waals surface area contributed by atoms with Crippen molar-refractivity contribution in [1.29, 1.82) is 0 Å². The number of carbonyl (C=O) groups excluding carboxylic acids is 1. The highest BCUT2D eigenvalue weighted by molar-refractivity contribution is 6.74. The molecule has 0 amide bonds. The van der Waals surface area contributed by atoms with Gasteiger partial charge in [-0.15, -0.1) is 0 Å². The minimum atomic E-state index is -2.25. The molecular weight excluding hydrogens is 642 g/mol. The van der Waals surface area contributed by atoms with Crippen LogP contribution in [0.15, 0.2) is 35.9 Å². The Kier molecular flexibility index (Phi) is 14.3. The van der Waals surface area contributed by atoms with E-state index in [0.29, 0.717) is 44.7 Å². The highest BCUT2D eigenvalue weighted by Crippen LogP contribution is 2.40. The first-order chi connectivity index (χ1) is 22.4. The van der Waals surface area contributed by atoms with E-state index in [2.05, 4.69) is 59.5 Å². The summed E-state index contributed by atoms with van der Waals surface area (Å²) >= 11 is 0. The van der Waals surface area contributed by atoms with Crippen LogP contribution in [0.2, 0.25) is 36.3 Å². The third-order valence-electron chi connectivity index (χ3n) is 11.1. The Morgan fingerprint density at radius 1 is 1.10 bits per heavy atom. The largest absolute Gasteiger partial charge is 0.457 e. The van der Waals surface area contributed by atoms with Crippen molar-refractivity contribution < 1.29 is 32.6 Å². The highest BCUT2D eigenvalue weighted by atomic mass is 28.4. The van der Waals surface area contributed by atoms with E-state index in [-0.39, 0.29) is 35.3 Å². The molecule has 0 aliphatic carbocycles. The molecule has 48 heavy (non-hydrogen) atoms. The van der Waals surface area contributed by atoms with Crippen molar-refractivity contribution in [3.8, 4) is 0 Å². The van der Waals surface area contributed by atoms with Gasteiger partial charge in [0.15, 0.2) is 16.6 Å². The quantitative estimate of drug-likeness (QED) is 0.148. The number of nitrogens with zero attached hydrogens (tertiary/aromatic N) is 1. The lowest BCUT2D eigenvalue weighted by molar-refractivity contribution is -0.151. The van der Waals surface area contributed by atoms with E-state index in [9.17, 15) is 14.3 Å². The Balaban J connectivity index is 2.04. The Hall–Kier alpha value is -1.83. The lowest BCUT2D eigenvalue weighted by Crippen LogP contribution is -2.52. The summed E-state index contributed by atoms with van der Waals surface area (Å²) in [5.41, 5.74) is 1.47. The zero-order chi connectivity index (χ0) is 35.9. The van der Waals surface area contributed by atoms with Gasteiger partial charge in [-0.1, -0.05) is 66.7 Å². The van der Waals surface area contributed by atoms with Gasteiger partial charge >= 0.3 is 5.97 Å². The van der Waals surface area contributed by atoms with Gasteiger partial charge in [0.1, 0.15) is 11.9 Å². The van der Waals surface area contributed by atoms with Gasteiger partial charge in [-0.25, -0.2) is 4.39 Å². The Labute approximate surface area is 292 Å². The lowest BCUT2D eigenvalue weighted by Gasteiger charge is -2.44. The van der Waals surface area contributed by atoms with Crippen LogP contribution in [-0.2, 0) is 23.1 Å². The number of aliphatic hydroxyl groups excluding tert-OH is 1. The smallest absolute Gasteiger partial charge is 0.308 e. The minimum Gasteiger partial charge on any atom is -0.457 e. The van der Waals surface area contributed by atoms with Gasteiger partial charge in [-0.3, -0.25) is 4.79 Å². The fourth-order valence-electron chi connectivity index (χ4n) is 6.57. The number of benzene rings is 1. The van der Waals surface area contributed by atoms with Crippen molar-refractivity contribution in [2.24, 2.45) is 5.92 Å². The molecule has 7 nitrogen and oxygen atoms in total. The summed E-state index contributed by atoms with van der Waals surface area (Å²) in [4.78, 5) is 15.9. The van der Waals surface area contributed by atoms with Crippen molar-refractivity contribution in [2.75, 3.05) is 31.2 Å². The second-order valence-corrected chi connectivity index (χ2v) is 25.2. The summed E-state index contributed by atoms with van der Waals surface area (Å²) in [5, 5.41) is 11.8. The summed E-state index contributed by atoms with van der Waals surface area (Å²) in [6.07, 6.45) is 5.03. The van der Waals surface area contributed by atoms with Gasteiger partial charge in [-0.2, -0.15) is 0 Å². The van der Waals surface area contributed by atoms with Crippen LogP contribution >= 0.6 is 0 Å². The van der Waals surface area contributed by atoms with E-state index < -0.39 is 34.4 Å². The number of halogens is 1. The molecule has 10 heteroatoms. The lowest BCUT2D eigenvalue weighted by atomic mass is 9.89. The van der Waals surface area contributed by atoms with E-state index in [4.69, 9.17) is 18.3 Å². The predicted octanol–water partition coefficient (Wildman–Crippen LogP) is 8.89. The van der Waals surface area contributed by atoms with Crippen LogP contribution in [0, 0.1) is 11.7 Å². The second-order valence-electron chi connectivity index (χ2n) is 15.7. The first-order valence-corrected chi connectivity index (χ1v) is 23.6. The van der Waals surface area contributed by atoms with Gasteiger partial charge < -0.3 is 28.3 Å². The average Bonchev–Trinajstić information content (AvgIpc) is 3.02. The molecule has 0 saturated carbocycles. The first-order valence-electron chi connectivity index (χ1n) is 18.1. The number of anilines is 1. The fraction of sp³-hybridized carbons (Fsp3) is 0.711. The molecule has 272 valence electrons. The molecule has 0 spiro atoms. The van der Waals surface area contributed by atoms with Crippen LogP contribution < -0.4 is 4.90 Å². The molecule has 1 aromatic carbocycles. The van der Waals surface area contributed by atoms with Gasteiger partial charge in [0.2, 0.25) is 0 Å². The number of esters is 1. The zero-order valence-corrected chi connectivity index (χ0v) is 33.7. The van der Waals surface area contributed by atoms with E-state index in [1.807, 2.05) is 45.1 Å². The number of cyclic esters (lactones) is 1. The maximum atomic E-state index is 14.9. The zero-order valence-electron chi connectivity index (χ0n) is 31.7. The van der Waals surface area contributed by atoms with Crippen LogP contribution in [-0.4, -0.2) is 77.9 Å². The summed E-state index contributed by atoms with van der Waals surface area (Å²) in [6, 6.07) is 7.94. The molecule has 0 bridgehead atoms. The van der Waals surface area contributed by atoms with Gasteiger partial charge in [0.05, 0.1) is 37.4 Å². The van der Waals surface area contributed by atoms with Crippen molar-refractivity contribution in [3.63, 3.8) is 0 Å². The van der Waals surface area contributed by atoms with Crippen LogP contribution in [0.5, 0.6) is 0 Å². The van der Waals surface area contributed by atoms with Crippen molar-refractivity contribution in [2.45, 2.75) is 142 Å². The average molecular weight is 706 g/mol. The molecule has 0 aromatic heterocycles. The van der Waals surface area contributed by atoms with Gasteiger partial charge in [0, 0.05) is 24.7 Å². The molecule has 1 fully saturated rings. The van der Waals surface area contributed by atoms with Crippen molar-refractivity contribution in [1.82, 2.24) is 0 Å². The van der Waals surface area contributed by atoms with Gasteiger partial charge in [-0.05, 0) is 92.3 Å². The molecule has 2 aliphatic heterocycles. The first kappa shape index (κ1) is 40.6. The molecule has 1 aromatic rings. The van der Waals surface area contributed by atoms with Crippen molar-refractivity contribution >= 4 is 34.4 Å². The van der Waals surface area contributed by atoms with E-state index in [1.54, 1.807) is 6.07 Å². The monoisotopic (exact) mass is 705 g/mol. The molecule has 2 aliphatic rings. The number of hydrogen-bond donors (Lipinski definition) is 1. The molecular formula is C38H64FNO6Si2. The summed E-state index contributed by atoms with van der Waals surface area (Å²) < 4.78 is 40.6. The number of hydrogen-bond acceptors (Lipinski definition) is 7. The standard InChI is InChI=1S/C38H64FNO6Si2/c1-12-48(13-2,14-3)46-38(9)18-17-33(45-47(10,11)37(6,7)8)27-35(42)44-36(28(4)15-16-34(38)41)29(5)23-30-24-31(39)26-32(25-30)40-19-21-43-22-20-40/h15-16,23-26,28,33-34,36,41H,12-14,17-22,27H2,1-11H3/b16-15+,29-23+/t28-,33-,34-,36-,38+/m0/s1. The number of rotatable bonds is 10. The highest BCUT2D eigenvalue weighted by Gasteiger charge is 2.44. The Morgan fingerprint density at radius 2 is 1.73 bits per heavy atom. The normalized spacial score (nSPS) is 28.0. The van der Waals surface area contributed by atoms with Crippen LogP contribution in [0.1, 0.15) is 87.1 Å². The number of morpholine rings is 1. The van der Waals surface area contributed by atoms with Crippen LogP contribution in [0.25, 0.3) is 6.08 Å². The summed E-state index contributed by atoms with van der Waals surface area (Å²) in [7, 11) is -4.35. The third-order valence-corrected chi connectivity index (χ3v) is 20.4. The van der Waals surface area contributed by atoms with Crippen LogP contribution in [0.3, 0.4) is 0 Å². The van der Waals surface area contributed by atoms with Gasteiger partial charge in [0.25, 0.3) is 0 Å². The molecule has 0 radical (unpaired) electrons. The fourth-order valence-corrected chi connectivity index (χ4v) is 11.1. The van der Waals surface area contributed by atoms with E-state index in [1.165, 1.54) is 6.07 Å². The van der Waals surface area contributed by atoms with Crippen molar-refractivity contribution in [3.05, 3.63) is 47.3 Å². The molecule has 3 rings (SSSR count). The summed E-state index contributed by atoms with van der Waals surface area (Å²) in [6.45, 7) is 26.1. The molecule has 1 saturated heterocycles. The molecule has 5 atom stereocenters. The van der Waals surface area contributed by atoms with E-state index >= 15 is 0 Å².